The van der Waals surface area contributed by atoms with E-state index in [9.17, 15) is 0 Å². The van der Waals surface area contributed by atoms with Gasteiger partial charge in [0.1, 0.15) is 4.60 Å². The van der Waals surface area contributed by atoms with E-state index < -0.39 is 0 Å². The van der Waals surface area contributed by atoms with Gasteiger partial charge in [0.15, 0.2) is 0 Å². The molecular formula is C7H9BrN2O. The van der Waals surface area contributed by atoms with E-state index in [1.54, 1.807) is 12.3 Å². The zero-order valence-electron chi connectivity index (χ0n) is 5.87. The number of hydrogen-bond acceptors (Lipinski definition) is 3. The largest absolute Gasteiger partial charge is 0.394 e. The Hall–Kier alpha value is -0.450. The number of aromatic nitrogens is 1. The molecular weight excluding hydrogens is 208 g/mol. The van der Waals surface area contributed by atoms with Crippen molar-refractivity contribution in [3.63, 3.8) is 0 Å². The molecule has 0 saturated carbocycles. The zero-order valence-corrected chi connectivity index (χ0v) is 7.45. The minimum Gasteiger partial charge on any atom is -0.394 e. The predicted octanol–water partition coefficient (Wildman–Crippen LogP) is 0.836. The minimum atomic E-state index is -0.324. The highest BCUT2D eigenvalue weighted by Crippen LogP contribution is 2.11. The van der Waals surface area contributed by atoms with E-state index in [0.717, 1.165) is 10.2 Å². The van der Waals surface area contributed by atoms with Crippen LogP contribution in [0.2, 0.25) is 0 Å². The molecule has 0 spiro atoms. The number of nitrogens with zero attached hydrogens (tertiary/aromatic N) is 1. The van der Waals surface area contributed by atoms with Crippen LogP contribution in [0.25, 0.3) is 0 Å². The third-order valence-electron chi connectivity index (χ3n) is 1.38. The van der Waals surface area contributed by atoms with Gasteiger partial charge >= 0.3 is 0 Å². The second-order valence-electron chi connectivity index (χ2n) is 2.20. The molecule has 0 bridgehead atoms. The van der Waals surface area contributed by atoms with Crippen LogP contribution < -0.4 is 5.73 Å². The molecule has 0 fully saturated rings. The highest BCUT2D eigenvalue weighted by molar-refractivity contribution is 9.10. The lowest BCUT2D eigenvalue weighted by Gasteiger charge is -2.06. The zero-order chi connectivity index (χ0) is 8.27. The van der Waals surface area contributed by atoms with Crippen LogP contribution in [0.3, 0.4) is 0 Å². The summed E-state index contributed by atoms with van der Waals surface area (Å²) in [5.74, 6) is 0. The van der Waals surface area contributed by atoms with Gasteiger partial charge in [0.05, 0.1) is 12.6 Å². The van der Waals surface area contributed by atoms with Crippen LogP contribution in [0.1, 0.15) is 11.6 Å². The molecule has 1 aromatic heterocycles. The first kappa shape index (κ1) is 8.64. The van der Waals surface area contributed by atoms with Crippen LogP contribution in [0, 0.1) is 0 Å². The summed E-state index contributed by atoms with van der Waals surface area (Å²) in [4.78, 5) is 3.97. The van der Waals surface area contributed by atoms with Gasteiger partial charge in [0, 0.05) is 6.20 Å². The molecule has 1 aromatic rings. The molecule has 0 radical (unpaired) electrons. The summed E-state index contributed by atoms with van der Waals surface area (Å²) >= 11 is 3.20. The summed E-state index contributed by atoms with van der Waals surface area (Å²) < 4.78 is 0.770. The number of nitrogens with two attached hydrogens (primary N) is 1. The lowest BCUT2D eigenvalue weighted by atomic mass is 10.1. The molecule has 1 atom stereocenters. The van der Waals surface area contributed by atoms with Crippen LogP contribution in [-0.2, 0) is 0 Å². The first-order valence-electron chi connectivity index (χ1n) is 3.22. The van der Waals surface area contributed by atoms with E-state index in [0.29, 0.717) is 0 Å². The van der Waals surface area contributed by atoms with Crippen molar-refractivity contribution in [2.75, 3.05) is 6.61 Å². The Morgan fingerprint density at radius 2 is 2.36 bits per heavy atom. The number of rotatable bonds is 2. The number of aliphatic hydroxyl groups excluding tert-OH is 1. The van der Waals surface area contributed by atoms with Gasteiger partial charge in [-0.05, 0) is 27.6 Å². The molecule has 1 heterocycles. The first-order valence-corrected chi connectivity index (χ1v) is 4.01. The van der Waals surface area contributed by atoms with Gasteiger partial charge in [0.2, 0.25) is 0 Å². The molecule has 1 unspecified atom stereocenters. The Labute approximate surface area is 73.4 Å². The lowest BCUT2D eigenvalue weighted by Crippen LogP contribution is -2.14. The average molecular weight is 217 g/mol. The van der Waals surface area contributed by atoms with E-state index in [4.69, 9.17) is 10.8 Å². The molecule has 3 nitrogen and oxygen atoms in total. The van der Waals surface area contributed by atoms with Crippen LogP contribution in [0.15, 0.2) is 22.9 Å². The van der Waals surface area contributed by atoms with Crippen molar-refractivity contribution in [1.29, 1.82) is 0 Å². The van der Waals surface area contributed by atoms with Gasteiger partial charge in [-0.2, -0.15) is 0 Å². The SMILES string of the molecule is NC(CO)c1ccc(Br)nc1. The van der Waals surface area contributed by atoms with Crippen molar-refractivity contribution in [2.24, 2.45) is 5.73 Å². The average Bonchev–Trinajstić information content (AvgIpc) is 2.05. The topological polar surface area (TPSA) is 59.1 Å². The Kier molecular flexibility index (Phi) is 2.99. The maximum atomic E-state index is 8.69. The fraction of sp³-hybridized carbons (Fsp3) is 0.286. The maximum absolute atomic E-state index is 8.69. The van der Waals surface area contributed by atoms with Crippen LogP contribution in [0.5, 0.6) is 0 Å². The maximum Gasteiger partial charge on any atom is 0.106 e. The summed E-state index contributed by atoms with van der Waals surface area (Å²) in [7, 11) is 0. The molecule has 4 heteroatoms. The first-order chi connectivity index (χ1) is 5.24. The number of hydrogen-bond donors (Lipinski definition) is 2. The minimum absolute atomic E-state index is 0.0523. The van der Waals surface area contributed by atoms with Crippen molar-refractivity contribution in [2.45, 2.75) is 6.04 Å². The van der Waals surface area contributed by atoms with Crippen molar-refractivity contribution in [3.8, 4) is 0 Å². The van der Waals surface area contributed by atoms with Gasteiger partial charge < -0.3 is 10.8 Å². The number of aliphatic hydroxyl groups is 1. The van der Waals surface area contributed by atoms with Crippen LogP contribution in [-0.4, -0.2) is 16.7 Å². The van der Waals surface area contributed by atoms with Crippen molar-refractivity contribution in [1.82, 2.24) is 4.98 Å². The molecule has 0 amide bonds. The highest BCUT2D eigenvalue weighted by Gasteiger charge is 2.02. The highest BCUT2D eigenvalue weighted by atomic mass is 79.9. The van der Waals surface area contributed by atoms with Gasteiger partial charge in [-0.3, -0.25) is 0 Å². The molecule has 1 rings (SSSR count). The summed E-state index contributed by atoms with van der Waals surface area (Å²) in [5.41, 5.74) is 6.38. The fourth-order valence-corrected chi connectivity index (χ4v) is 0.947. The molecule has 0 aromatic carbocycles. The fourth-order valence-electron chi connectivity index (χ4n) is 0.712. The normalized spacial score (nSPS) is 13.0. The van der Waals surface area contributed by atoms with E-state index in [1.807, 2.05) is 6.07 Å². The van der Waals surface area contributed by atoms with Crippen molar-refractivity contribution in [3.05, 3.63) is 28.5 Å². The lowest BCUT2D eigenvalue weighted by molar-refractivity contribution is 0.268. The summed E-state index contributed by atoms with van der Waals surface area (Å²) in [6.45, 7) is -0.0523. The van der Waals surface area contributed by atoms with E-state index >= 15 is 0 Å². The Morgan fingerprint density at radius 3 is 2.82 bits per heavy atom. The van der Waals surface area contributed by atoms with E-state index in [2.05, 4.69) is 20.9 Å². The number of pyridine rings is 1. The summed E-state index contributed by atoms with van der Waals surface area (Å²) in [6, 6.07) is 3.30. The van der Waals surface area contributed by atoms with E-state index in [-0.39, 0.29) is 12.6 Å². The summed E-state index contributed by atoms with van der Waals surface area (Å²) in [5, 5.41) is 8.69. The smallest absolute Gasteiger partial charge is 0.106 e. The number of halogens is 1. The molecule has 0 aliphatic heterocycles. The Balaban J connectivity index is 2.81. The molecule has 11 heavy (non-hydrogen) atoms. The van der Waals surface area contributed by atoms with Gasteiger partial charge in [0.25, 0.3) is 0 Å². The second-order valence-corrected chi connectivity index (χ2v) is 3.02. The standard InChI is InChI=1S/C7H9BrN2O/c8-7-2-1-5(3-10-7)6(9)4-11/h1-3,6,11H,4,9H2. The summed E-state index contributed by atoms with van der Waals surface area (Å²) in [6.07, 6.45) is 1.64. The van der Waals surface area contributed by atoms with Gasteiger partial charge in [-0.25, -0.2) is 4.98 Å². The Morgan fingerprint density at radius 1 is 1.64 bits per heavy atom. The predicted molar refractivity (Wildman–Crippen MR) is 46.0 cm³/mol. The third kappa shape index (κ3) is 2.25. The molecule has 60 valence electrons. The molecule has 0 aliphatic rings. The Bertz CT molecular complexity index is 224. The molecule has 3 N–H and O–H groups in total. The van der Waals surface area contributed by atoms with Crippen molar-refractivity contribution >= 4 is 15.9 Å². The van der Waals surface area contributed by atoms with Gasteiger partial charge in [-0.1, -0.05) is 6.07 Å². The van der Waals surface area contributed by atoms with Crippen LogP contribution in [0.4, 0.5) is 0 Å². The van der Waals surface area contributed by atoms with Gasteiger partial charge in [-0.15, -0.1) is 0 Å². The quantitative estimate of drug-likeness (QED) is 0.721. The second kappa shape index (κ2) is 3.80. The molecule has 0 saturated heterocycles. The van der Waals surface area contributed by atoms with Crippen molar-refractivity contribution < 1.29 is 5.11 Å². The van der Waals surface area contributed by atoms with E-state index in [1.165, 1.54) is 0 Å². The third-order valence-corrected chi connectivity index (χ3v) is 1.84. The molecule has 0 aliphatic carbocycles. The monoisotopic (exact) mass is 216 g/mol. The van der Waals surface area contributed by atoms with Crippen LogP contribution >= 0.6 is 15.9 Å².